The van der Waals surface area contributed by atoms with Crippen LogP contribution in [0, 0.1) is 28.4 Å². The Bertz CT molecular complexity index is 825. The molecule has 0 saturated heterocycles. The van der Waals surface area contributed by atoms with Gasteiger partial charge in [0.2, 0.25) is 0 Å². The van der Waals surface area contributed by atoms with Crippen LogP contribution in [0.3, 0.4) is 0 Å². The molecular weight excluding hydrogens is 533 g/mol. The summed E-state index contributed by atoms with van der Waals surface area (Å²) in [4.78, 5) is 7.42. The summed E-state index contributed by atoms with van der Waals surface area (Å²) in [5.74, 6) is -1.29. The van der Waals surface area contributed by atoms with Crippen molar-refractivity contribution in [2.24, 2.45) is 4.99 Å². The van der Waals surface area contributed by atoms with Gasteiger partial charge in [-0.3, -0.25) is 8.78 Å². The number of nitriles is 1. The van der Waals surface area contributed by atoms with Gasteiger partial charge in [-0.2, -0.15) is 6.72 Å². The van der Waals surface area contributed by atoms with E-state index in [0.717, 1.165) is 17.8 Å². The molecule has 26 heavy (non-hydrogen) atoms. The molecule has 1 heterocycles. The number of para-hydroxylation sites is 1. The SMILES string of the molecule is Fc1c[c-]c(-c2ccccn2)c(F)c1.N#C[S-].[CH-]=Nc1ccccc1.[Ir+3]. The minimum atomic E-state index is -0.649. The van der Waals surface area contributed by atoms with Crippen LogP contribution >= 0.6 is 0 Å². The third kappa shape index (κ3) is 8.54. The number of nitrogens with zero attached hydrogens (tertiary/aromatic N) is 3. The number of hydrogen-bond acceptors (Lipinski definition) is 4. The molecule has 0 aliphatic heterocycles. The van der Waals surface area contributed by atoms with Crippen molar-refractivity contribution in [1.82, 2.24) is 4.98 Å². The molecule has 0 amide bonds. The second-order valence-corrected chi connectivity index (χ2v) is 4.49. The van der Waals surface area contributed by atoms with Crippen LogP contribution in [0.25, 0.3) is 11.3 Å². The van der Waals surface area contributed by atoms with Gasteiger partial charge in [-0.25, -0.2) is 5.26 Å². The molecule has 2 aromatic carbocycles. The first-order valence-electron chi connectivity index (χ1n) is 6.87. The minimum Gasteiger partial charge on any atom is -0.696 e. The second-order valence-electron chi connectivity index (χ2n) is 4.31. The second kappa shape index (κ2) is 13.7. The van der Waals surface area contributed by atoms with Gasteiger partial charge in [0.15, 0.2) is 0 Å². The first-order chi connectivity index (χ1) is 12.1. The predicted octanol–water partition coefficient (Wildman–Crippen LogP) is 4.73. The van der Waals surface area contributed by atoms with Crippen molar-refractivity contribution in [2.75, 3.05) is 0 Å². The molecule has 0 N–H and O–H groups in total. The Balaban J connectivity index is 0.000000445. The maximum Gasteiger partial charge on any atom is 3.00 e. The molecule has 3 rings (SSSR count). The molecule has 0 spiro atoms. The van der Waals surface area contributed by atoms with Gasteiger partial charge in [0, 0.05) is 17.8 Å². The van der Waals surface area contributed by atoms with E-state index in [-0.39, 0.29) is 25.7 Å². The van der Waals surface area contributed by atoms with E-state index in [1.54, 1.807) is 24.4 Å². The smallest absolute Gasteiger partial charge is 0.696 e. The van der Waals surface area contributed by atoms with Crippen LogP contribution < -0.4 is 0 Å². The van der Waals surface area contributed by atoms with Gasteiger partial charge in [-0.1, -0.05) is 53.1 Å². The van der Waals surface area contributed by atoms with Gasteiger partial charge in [-0.05, 0) is 11.8 Å². The molecule has 0 aliphatic carbocycles. The molecule has 0 aliphatic rings. The fraction of sp³-hybridized carbons (Fsp3) is 0. The minimum absolute atomic E-state index is 0. The monoisotopic (exact) mass is 545 g/mol. The molecular formula is C19H12F2IrN3S. The molecule has 132 valence electrons. The zero-order valence-electron chi connectivity index (χ0n) is 13.3. The van der Waals surface area contributed by atoms with E-state index in [0.29, 0.717) is 5.69 Å². The standard InChI is InChI=1S/C11H6F2N.C7H6N.CHNS.Ir/c12-8-4-5-9(10(13)7-8)11-3-1-2-6-14-11;1-8-7-5-3-2-4-6-7;2-1-3;/h1-4,6-7H;1-6H;3H;/q2*-1;;+3/p-1. The van der Waals surface area contributed by atoms with Crippen LogP contribution in [0.5, 0.6) is 0 Å². The molecule has 0 radical (unpaired) electrons. The molecule has 3 aromatic rings. The Morgan fingerprint density at radius 2 is 1.73 bits per heavy atom. The fourth-order valence-electron chi connectivity index (χ4n) is 1.67. The first kappa shape index (κ1) is 23.5. The third-order valence-electron chi connectivity index (χ3n) is 2.68. The Labute approximate surface area is 170 Å². The summed E-state index contributed by atoms with van der Waals surface area (Å²) in [6, 6.07) is 18.9. The van der Waals surface area contributed by atoms with Crippen LogP contribution in [0.1, 0.15) is 0 Å². The Morgan fingerprint density at radius 3 is 2.19 bits per heavy atom. The van der Waals surface area contributed by atoms with Crippen molar-refractivity contribution in [2.45, 2.75) is 0 Å². The number of benzene rings is 2. The van der Waals surface area contributed by atoms with Gasteiger partial charge in [0.05, 0.1) is 0 Å². The maximum atomic E-state index is 13.2. The van der Waals surface area contributed by atoms with Crippen LogP contribution in [0.4, 0.5) is 14.5 Å². The molecule has 0 atom stereocenters. The number of aromatic nitrogens is 1. The molecule has 0 unspecified atom stereocenters. The van der Waals surface area contributed by atoms with Gasteiger partial charge < -0.3 is 22.6 Å². The zero-order valence-corrected chi connectivity index (χ0v) is 16.5. The number of halogens is 2. The third-order valence-corrected chi connectivity index (χ3v) is 2.68. The Morgan fingerprint density at radius 1 is 1.12 bits per heavy atom. The van der Waals surface area contributed by atoms with Crippen LogP contribution in [-0.4, -0.2) is 11.7 Å². The van der Waals surface area contributed by atoms with Crippen molar-refractivity contribution >= 4 is 25.0 Å². The van der Waals surface area contributed by atoms with Crippen LogP contribution in [-0.2, 0) is 32.7 Å². The van der Waals surface area contributed by atoms with Crippen molar-refractivity contribution in [3.05, 3.63) is 84.6 Å². The van der Waals surface area contributed by atoms with Crippen molar-refractivity contribution in [1.29, 1.82) is 5.26 Å². The summed E-state index contributed by atoms with van der Waals surface area (Å²) in [6.45, 7) is 4.97. The van der Waals surface area contributed by atoms with Crippen molar-refractivity contribution in [3.8, 4) is 16.7 Å². The van der Waals surface area contributed by atoms with Crippen LogP contribution in [0.2, 0.25) is 0 Å². The summed E-state index contributed by atoms with van der Waals surface area (Å²) in [5.41, 5.74) is 1.45. The van der Waals surface area contributed by atoms with Gasteiger partial charge >= 0.3 is 20.1 Å². The summed E-state index contributed by atoms with van der Waals surface area (Å²) in [6.07, 6.45) is 1.55. The van der Waals surface area contributed by atoms with E-state index in [9.17, 15) is 8.78 Å². The summed E-state index contributed by atoms with van der Waals surface area (Å²) < 4.78 is 25.8. The van der Waals surface area contributed by atoms with E-state index in [1.807, 2.05) is 30.3 Å². The van der Waals surface area contributed by atoms with Gasteiger partial charge in [-0.15, -0.1) is 24.3 Å². The quantitative estimate of drug-likeness (QED) is 0.203. The predicted molar refractivity (Wildman–Crippen MR) is 96.0 cm³/mol. The largest absolute Gasteiger partial charge is 3.00 e. The number of aliphatic imine (C=N–C) groups is 1. The molecule has 3 nitrogen and oxygen atoms in total. The number of hydrogen-bond donors (Lipinski definition) is 0. The normalized spacial score (nSPS) is 8.35. The van der Waals surface area contributed by atoms with Crippen molar-refractivity contribution < 1.29 is 28.9 Å². The zero-order chi connectivity index (χ0) is 18.5. The fourth-order valence-corrected chi connectivity index (χ4v) is 1.67. The Kier molecular flexibility index (Phi) is 12.4. The van der Waals surface area contributed by atoms with Gasteiger partial charge in [0.1, 0.15) is 0 Å². The topological polar surface area (TPSA) is 49.0 Å². The van der Waals surface area contributed by atoms with E-state index < -0.39 is 11.6 Å². The van der Waals surface area contributed by atoms with Crippen LogP contribution in [0.15, 0.2) is 71.9 Å². The number of rotatable bonds is 2. The molecule has 7 heteroatoms. The van der Waals surface area contributed by atoms with E-state index in [1.165, 1.54) is 5.40 Å². The first-order valence-corrected chi connectivity index (χ1v) is 7.28. The molecule has 0 bridgehead atoms. The number of pyridine rings is 1. The van der Waals surface area contributed by atoms with E-state index in [4.69, 9.17) is 12.0 Å². The average molecular weight is 545 g/mol. The van der Waals surface area contributed by atoms with Gasteiger partial charge in [0.25, 0.3) is 0 Å². The molecule has 0 fully saturated rings. The molecule has 0 saturated carbocycles. The van der Waals surface area contributed by atoms with E-state index >= 15 is 0 Å². The summed E-state index contributed by atoms with van der Waals surface area (Å²) >= 11 is 3.70. The summed E-state index contributed by atoms with van der Waals surface area (Å²) in [5, 5.41) is 8.47. The summed E-state index contributed by atoms with van der Waals surface area (Å²) in [7, 11) is 0. The van der Waals surface area contributed by atoms with E-state index in [2.05, 4.69) is 28.7 Å². The Hall–Kier alpha value is -2.52. The average Bonchev–Trinajstić information content (AvgIpc) is 2.64. The molecule has 1 aromatic heterocycles. The number of thiocyanates is 1. The maximum absolute atomic E-state index is 13.2. The van der Waals surface area contributed by atoms with Crippen molar-refractivity contribution in [3.63, 3.8) is 0 Å².